The summed E-state index contributed by atoms with van der Waals surface area (Å²) in [5.41, 5.74) is 1.58. The molecule has 0 bridgehead atoms. The van der Waals surface area contributed by atoms with Crippen LogP contribution < -0.4 is 25.2 Å². The van der Waals surface area contributed by atoms with Gasteiger partial charge in [-0.3, -0.25) is 38.5 Å². The van der Waals surface area contributed by atoms with Crippen LogP contribution in [0.15, 0.2) is 72.2 Å². The van der Waals surface area contributed by atoms with Crippen molar-refractivity contribution in [3.63, 3.8) is 0 Å². The number of amides is 7. The molecule has 0 spiro atoms. The standard InChI is InChI=1S/C48H51F3N10O9S2/c1-28-43(72-27-55-28)30-9-7-29(8-10-30)20-54-44(68)37-18-34(62)22-59(37)39(64)21-53-38(63)23-56(4)40(65)24-57(5)41(66)25-58(6)42(67)26-70-35-15-13-32(14-16-35)61-46(71)60(45(69)47(61,2)3)33-12-11-31(19-52)36(17-33)48(49,50)51/h7-17,27,34,37,62H,18,20-26H2,1-6H3,(H,53,63)(H,54,68)/t34-,37?/m0/s1. The predicted molar refractivity (Wildman–Crippen MR) is 261 cm³/mol. The summed E-state index contributed by atoms with van der Waals surface area (Å²) in [6.07, 6.45) is -5.79. The van der Waals surface area contributed by atoms with Gasteiger partial charge in [-0.1, -0.05) is 24.3 Å². The van der Waals surface area contributed by atoms with Crippen molar-refractivity contribution in [3.8, 4) is 22.3 Å². The van der Waals surface area contributed by atoms with Gasteiger partial charge in [0.1, 0.15) is 17.3 Å². The van der Waals surface area contributed by atoms with Gasteiger partial charge < -0.3 is 45.0 Å². The number of ether oxygens (including phenoxy) is 1. The minimum absolute atomic E-state index is 0.0153. The number of carbonyl (C=O) groups is 7. The van der Waals surface area contributed by atoms with Gasteiger partial charge in [0.2, 0.25) is 29.5 Å². The molecule has 2 fully saturated rings. The van der Waals surface area contributed by atoms with Crippen molar-refractivity contribution in [2.75, 3.05) is 70.3 Å². The molecule has 380 valence electrons. The van der Waals surface area contributed by atoms with Crippen molar-refractivity contribution < 1.29 is 56.6 Å². The quantitative estimate of drug-likeness (QED) is 0.129. The van der Waals surface area contributed by atoms with Crippen LogP contribution >= 0.6 is 23.6 Å². The van der Waals surface area contributed by atoms with Gasteiger partial charge in [0.15, 0.2) is 11.7 Å². The van der Waals surface area contributed by atoms with Crippen LogP contribution in [0.2, 0.25) is 0 Å². The highest BCUT2D eigenvalue weighted by Crippen LogP contribution is 2.40. The number of aryl methyl sites for hydroxylation is 1. The molecular weight excluding hydrogens is 982 g/mol. The summed E-state index contributed by atoms with van der Waals surface area (Å²) >= 11 is 7.11. The first-order chi connectivity index (χ1) is 33.9. The molecule has 7 amide bonds. The van der Waals surface area contributed by atoms with Crippen LogP contribution in [0.4, 0.5) is 24.5 Å². The van der Waals surface area contributed by atoms with E-state index >= 15 is 0 Å². The molecule has 72 heavy (non-hydrogen) atoms. The van der Waals surface area contributed by atoms with Crippen molar-refractivity contribution in [1.82, 2.24) is 35.2 Å². The number of aliphatic hydroxyl groups is 1. The number of aromatic nitrogens is 1. The molecule has 3 heterocycles. The zero-order valence-corrected chi connectivity index (χ0v) is 41.6. The summed E-state index contributed by atoms with van der Waals surface area (Å²) in [4.78, 5) is 104. The summed E-state index contributed by atoms with van der Waals surface area (Å²) in [7, 11) is 4.02. The minimum Gasteiger partial charge on any atom is -0.484 e. The molecule has 0 aliphatic carbocycles. The van der Waals surface area contributed by atoms with Crippen molar-refractivity contribution >= 4 is 81.4 Å². The van der Waals surface area contributed by atoms with Gasteiger partial charge in [-0.25, -0.2) is 4.98 Å². The summed E-state index contributed by atoms with van der Waals surface area (Å²) in [6, 6.07) is 17.1. The summed E-state index contributed by atoms with van der Waals surface area (Å²) in [5.74, 6) is -3.99. The number of benzene rings is 3. The van der Waals surface area contributed by atoms with Gasteiger partial charge >= 0.3 is 6.18 Å². The monoisotopic (exact) mass is 1030 g/mol. The number of carbonyl (C=O) groups excluding carboxylic acids is 7. The molecule has 2 aliphatic rings. The molecule has 6 rings (SSSR count). The van der Waals surface area contributed by atoms with E-state index in [2.05, 4.69) is 15.6 Å². The fourth-order valence-electron chi connectivity index (χ4n) is 7.86. The molecule has 2 aliphatic heterocycles. The van der Waals surface area contributed by atoms with Gasteiger partial charge in [0, 0.05) is 46.3 Å². The van der Waals surface area contributed by atoms with E-state index in [-0.39, 0.29) is 36.1 Å². The van der Waals surface area contributed by atoms with E-state index in [9.17, 15) is 57.1 Å². The Labute approximate surface area is 421 Å². The van der Waals surface area contributed by atoms with Crippen LogP contribution in [0.3, 0.4) is 0 Å². The smallest absolute Gasteiger partial charge is 0.417 e. The van der Waals surface area contributed by atoms with Crippen molar-refractivity contribution in [2.24, 2.45) is 0 Å². The number of nitrogens with one attached hydrogen (secondary N) is 2. The van der Waals surface area contributed by atoms with E-state index in [1.807, 2.05) is 31.2 Å². The number of nitriles is 1. The number of nitrogens with zero attached hydrogens (tertiary/aromatic N) is 8. The zero-order valence-electron chi connectivity index (χ0n) is 40.0. The zero-order chi connectivity index (χ0) is 52.8. The maximum absolute atomic E-state index is 13.7. The molecule has 1 unspecified atom stereocenters. The Hall–Kier alpha value is -7.49. The highest BCUT2D eigenvalue weighted by atomic mass is 32.1. The average Bonchev–Trinajstić information content (AvgIpc) is 4.01. The first-order valence-electron chi connectivity index (χ1n) is 22.2. The Morgan fingerprint density at radius 1 is 0.917 bits per heavy atom. The molecule has 0 saturated carbocycles. The second-order valence-corrected chi connectivity index (χ2v) is 18.8. The van der Waals surface area contributed by atoms with E-state index in [0.717, 1.165) is 47.4 Å². The number of rotatable bonds is 17. The second-order valence-electron chi connectivity index (χ2n) is 17.6. The maximum atomic E-state index is 13.7. The lowest BCUT2D eigenvalue weighted by molar-refractivity contribution is -0.143. The van der Waals surface area contributed by atoms with E-state index < -0.39 is 109 Å². The van der Waals surface area contributed by atoms with Crippen LogP contribution in [0.5, 0.6) is 5.75 Å². The molecule has 2 atom stereocenters. The largest absolute Gasteiger partial charge is 0.484 e. The lowest BCUT2D eigenvalue weighted by Crippen LogP contribution is -2.50. The van der Waals surface area contributed by atoms with Crippen molar-refractivity contribution in [1.29, 1.82) is 5.26 Å². The van der Waals surface area contributed by atoms with Gasteiger partial charge in [0.25, 0.3) is 11.8 Å². The number of β-amino-alcohol motifs (C(OH)–C–C–N with tert-alkyl or cyclic N) is 1. The minimum atomic E-state index is -4.86. The van der Waals surface area contributed by atoms with Crippen LogP contribution in [0.25, 0.3) is 10.4 Å². The third-order valence-electron chi connectivity index (χ3n) is 12.0. The lowest BCUT2D eigenvalue weighted by Gasteiger charge is -2.29. The third-order valence-corrected chi connectivity index (χ3v) is 13.3. The van der Waals surface area contributed by atoms with E-state index in [1.54, 1.807) is 19.4 Å². The molecule has 2 saturated heterocycles. The van der Waals surface area contributed by atoms with E-state index in [1.165, 1.54) is 78.7 Å². The van der Waals surface area contributed by atoms with Crippen LogP contribution in [0, 0.1) is 18.3 Å². The van der Waals surface area contributed by atoms with Gasteiger partial charge in [-0.2, -0.15) is 18.4 Å². The SMILES string of the molecule is Cc1ncsc1-c1ccc(CNC(=O)C2C[C@H](O)CN2C(=O)CNC(=O)CN(C)C(=O)CN(C)C(=O)CN(C)C(=O)COc2ccc(N3C(=S)N(c4ccc(C#N)c(C(F)(F)F)c4)C(=O)C3(C)C)cc2)cc1. The Kier molecular flexibility index (Phi) is 16.7. The number of hydrogen-bond donors (Lipinski definition) is 3. The first-order valence-corrected chi connectivity index (χ1v) is 23.5. The van der Waals surface area contributed by atoms with Gasteiger partial charge in [-0.15, -0.1) is 11.3 Å². The summed E-state index contributed by atoms with van der Waals surface area (Å²) in [6.45, 7) is 2.75. The second kappa shape index (κ2) is 22.3. The molecule has 4 aromatic rings. The molecule has 0 radical (unpaired) electrons. The number of thiocarbonyl (C=S) groups is 1. The van der Waals surface area contributed by atoms with Gasteiger partial charge in [0.05, 0.1) is 71.2 Å². The topological polar surface area (TPSA) is 229 Å². The summed E-state index contributed by atoms with van der Waals surface area (Å²) in [5, 5.41) is 24.7. The number of alkyl halides is 3. The predicted octanol–water partition coefficient (Wildman–Crippen LogP) is 3.07. The van der Waals surface area contributed by atoms with Crippen molar-refractivity contribution in [2.45, 2.75) is 57.6 Å². The molecule has 24 heteroatoms. The van der Waals surface area contributed by atoms with Crippen LogP contribution in [-0.4, -0.2) is 154 Å². The number of likely N-dealkylation sites (tertiary alicyclic amines) is 1. The molecule has 19 nitrogen and oxygen atoms in total. The highest BCUT2D eigenvalue weighted by Gasteiger charge is 2.51. The Morgan fingerprint density at radius 3 is 2.12 bits per heavy atom. The van der Waals surface area contributed by atoms with Crippen LogP contribution in [0.1, 0.15) is 42.7 Å². The Morgan fingerprint density at radius 2 is 1.53 bits per heavy atom. The van der Waals surface area contributed by atoms with E-state index in [0.29, 0.717) is 11.8 Å². The number of hydrogen-bond acceptors (Lipinski definition) is 13. The van der Waals surface area contributed by atoms with Gasteiger partial charge in [-0.05, 0) is 86.6 Å². The van der Waals surface area contributed by atoms with Crippen LogP contribution in [-0.2, 0) is 46.3 Å². The normalized spacial score (nSPS) is 16.3. The summed E-state index contributed by atoms with van der Waals surface area (Å²) < 4.78 is 46.8. The number of aliphatic hydroxyl groups excluding tert-OH is 1. The van der Waals surface area contributed by atoms with Crippen molar-refractivity contribution in [3.05, 3.63) is 94.6 Å². The number of likely N-dealkylation sites (N-methyl/N-ethyl adjacent to an activating group) is 3. The molecule has 3 aromatic carbocycles. The Bertz CT molecular complexity index is 2800. The fourth-order valence-corrected chi connectivity index (χ4v) is 9.20. The van der Waals surface area contributed by atoms with E-state index in [4.69, 9.17) is 17.0 Å². The number of thiazole rings is 1. The lowest BCUT2D eigenvalue weighted by atomic mass is 10.0. The first kappa shape index (κ1) is 53.9. The fraction of sp³-hybridized carbons (Fsp3) is 0.375. The maximum Gasteiger partial charge on any atom is 0.417 e. The third kappa shape index (κ3) is 12.3. The molecule has 3 N–H and O–H groups in total. The molecular formula is C48H51F3N10O9S2. The Balaban J connectivity index is 0.914. The number of halogens is 3. The molecule has 1 aromatic heterocycles. The average molecular weight is 1030 g/mol. The number of anilines is 2. The highest BCUT2D eigenvalue weighted by molar-refractivity contribution is 7.81.